The minimum Gasteiger partial charge on any atom is -0.481 e. The van der Waals surface area contributed by atoms with E-state index in [2.05, 4.69) is 6.58 Å². The van der Waals surface area contributed by atoms with Crippen molar-refractivity contribution in [2.24, 2.45) is 10.8 Å². The Hall–Kier alpha value is -2.14. The van der Waals surface area contributed by atoms with Crippen molar-refractivity contribution in [2.75, 3.05) is 6.54 Å². The Morgan fingerprint density at radius 1 is 1.25 bits per heavy atom. The maximum absolute atomic E-state index is 12.3. The summed E-state index contributed by atoms with van der Waals surface area (Å²) >= 11 is 0. The lowest BCUT2D eigenvalue weighted by molar-refractivity contribution is -0.178. The van der Waals surface area contributed by atoms with Gasteiger partial charge < -0.3 is 10.2 Å². The lowest BCUT2D eigenvalue weighted by Gasteiger charge is -2.52. The molecular formula is C19H25NO4. The van der Waals surface area contributed by atoms with E-state index < -0.39 is 28.8 Å². The predicted molar refractivity (Wildman–Crippen MR) is 91.6 cm³/mol. The van der Waals surface area contributed by atoms with Gasteiger partial charge in [0.2, 0.25) is 0 Å². The van der Waals surface area contributed by atoms with Crippen molar-refractivity contribution in [3.05, 3.63) is 48.0 Å². The highest BCUT2D eigenvalue weighted by Gasteiger charge is 2.61. The molecule has 1 aliphatic rings. The summed E-state index contributed by atoms with van der Waals surface area (Å²) in [4.78, 5) is 26.1. The molecule has 2 rings (SSSR count). The van der Waals surface area contributed by atoms with E-state index in [0.29, 0.717) is 13.1 Å². The van der Waals surface area contributed by atoms with Gasteiger partial charge >= 0.3 is 11.9 Å². The van der Waals surface area contributed by atoms with E-state index in [1.54, 1.807) is 25.7 Å². The van der Waals surface area contributed by atoms with E-state index in [9.17, 15) is 19.8 Å². The molecule has 1 aliphatic heterocycles. The Morgan fingerprint density at radius 2 is 1.83 bits per heavy atom. The van der Waals surface area contributed by atoms with Gasteiger partial charge in [0.15, 0.2) is 0 Å². The van der Waals surface area contributed by atoms with Gasteiger partial charge in [0.05, 0.1) is 0 Å². The summed E-state index contributed by atoms with van der Waals surface area (Å²) in [6.45, 7) is 10.1. The molecule has 0 aromatic heterocycles. The Labute approximate surface area is 142 Å². The maximum Gasteiger partial charge on any atom is 0.322 e. The van der Waals surface area contributed by atoms with Gasteiger partial charge in [-0.15, -0.1) is 0 Å². The number of hydrogen-bond acceptors (Lipinski definition) is 3. The SMILES string of the molecule is C=C1CN(Cc2ccccc2)[C@H](C(=O)O)[C@@](C(=O)O)(C(C)(C)C)C1. The van der Waals surface area contributed by atoms with Crippen LogP contribution in [0.5, 0.6) is 0 Å². The fourth-order valence-corrected chi connectivity index (χ4v) is 3.76. The first kappa shape index (κ1) is 18.2. The van der Waals surface area contributed by atoms with Crippen LogP contribution in [0.3, 0.4) is 0 Å². The van der Waals surface area contributed by atoms with E-state index in [1.165, 1.54) is 0 Å². The molecule has 0 spiro atoms. The summed E-state index contributed by atoms with van der Waals surface area (Å²) < 4.78 is 0. The van der Waals surface area contributed by atoms with Crippen LogP contribution in [-0.2, 0) is 16.1 Å². The predicted octanol–water partition coefficient (Wildman–Crippen LogP) is 3.02. The highest BCUT2D eigenvalue weighted by molar-refractivity contribution is 5.87. The van der Waals surface area contributed by atoms with Gasteiger partial charge in [-0.05, 0) is 17.4 Å². The van der Waals surface area contributed by atoms with Crippen molar-refractivity contribution in [3.63, 3.8) is 0 Å². The lowest BCUT2D eigenvalue weighted by Crippen LogP contribution is -2.64. The summed E-state index contributed by atoms with van der Waals surface area (Å²) in [5.41, 5.74) is -0.462. The zero-order valence-electron chi connectivity index (χ0n) is 14.5. The van der Waals surface area contributed by atoms with Gasteiger partial charge in [-0.25, -0.2) is 0 Å². The normalized spacial score (nSPS) is 25.5. The van der Waals surface area contributed by atoms with Crippen molar-refractivity contribution >= 4 is 11.9 Å². The highest BCUT2D eigenvalue weighted by Crippen LogP contribution is 2.51. The van der Waals surface area contributed by atoms with Crippen molar-refractivity contribution in [2.45, 2.75) is 39.8 Å². The first-order chi connectivity index (χ1) is 11.1. The summed E-state index contributed by atoms with van der Waals surface area (Å²) in [5.74, 6) is -2.18. The molecule has 1 aromatic carbocycles. The third-order valence-corrected chi connectivity index (χ3v) is 4.97. The van der Waals surface area contributed by atoms with Gasteiger partial charge in [-0.1, -0.05) is 63.3 Å². The van der Waals surface area contributed by atoms with Crippen LogP contribution in [0.2, 0.25) is 0 Å². The summed E-state index contributed by atoms with van der Waals surface area (Å²) in [5, 5.41) is 19.9. The molecule has 0 aliphatic carbocycles. The molecule has 1 saturated heterocycles. The molecule has 0 unspecified atom stereocenters. The Bertz CT molecular complexity index is 647. The number of hydrogen-bond donors (Lipinski definition) is 2. The molecule has 0 saturated carbocycles. The van der Waals surface area contributed by atoms with Gasteiger partial charge in [0, 0.05) is 13.1 Å². The second-order valence-electron chi connectivity index (χ2n) is 7.58. The number of carboxylic acid groups (broad SMARTS) is 2. The average molecular weight is 331 g/mol. The molecule has 5 heteroatoms. The molecule has 2 atom stereocenters. The largest absolute Gasteiger partial charge is 0.481 e. The second kappa shape index (κ2) is 6.40. The van der Waals surface area contributed by atoms with Crippen LogP contribution in [0, 0.1) is 10.8 Å². The number of aliphatic carboxylic acids is 2. The maximum atomic E-state index is 12.3. The summed E-state index contributed by atoms with van der Waals surface area (Å²) in [6.07, 6.45) is 0.175. The quantitative estimate of drug-likeness (QED) is 0.829. The second-order valence-corrected chi connectivity index (χ2v) is 7.58. The Morgan fingerprint density at radius 3 is 2.29 bits per heavy atom. The van der Waals surface area contributed by atoms with Crippen molar-refractivity contribution in [1.29, 1.82) is 0 Å². The standard InChI is InChI=1S/C19H25NO4/c1-13-10-19(17(23)24,18(2,3)4)15(16(21)22)20(11-13)12-14-8-6-5-7-9-14/h5-9,15H,1,10-12H2,2-4H3,(H,21,22)(H,23,24)/t15-,19+/m1/s1. The number of nitrogens with zero attached hydrogens (tertiary/aromatic N) is 1. The number of rotatable bonds is 4. The smallest absolute Gasteiger partial charge is 0.322 e. The summed E-state index contributed by atoms with van der Waals surface area (Å²) in [6, 6.07) is 8.38. The monoisotopic (exact) mass is 331 g/mol. The minimum absolute atomic E-state index is 0.175. The number of carboxylic acids is 2. The van der Waals surface area contributed by atoms with Crippen LogP contribution in [0.25, 0.3) is 0 Å². The first-order valence-corrected chi connectivity index (χ1v) is 8.00. The highest BCUT2D eigenvalue weighted by atomic mass is 16.4. The molecule has 2 N–H and O–H groups in total. The van der Waals surface area contributed by atoms with Crippen LogP contribution in [0.1, 0.15) is 32.8 Å². The zero-order chi connectivity index (χ0) is 18.1. The van der Waals surface area contributed by atoms with Gasteiger partial charge in [0.25, 0.3) is 0 Å². The Balaban J connectivity index is 2.53. The number of benzene rings is 1. The van der Waals surface area contributed by atoms with Gasteiger partial charge in [-0.3, -0.25) is 14.5 Å². The van der Waals surface area contributed by atoms with Crippen LogP contribution >= 0.6 is 0 Å². The minimum atomic E-state index is -1.43. The van der Waals surface area contributed by atoms with Crippen molar-refractivity contribution < 1.29 is 19.8 Å². The van der Waals surface area contributed by atoms with Gasteiger partial charge in [0.1, 0.15) is 11.5 Å². The van der Waals surface area contributed by atoms with E-state index in [4.69, 9.17) is 0 Å². The third kappa shape index (κ3) is 3.08. The number of piperidine rings is 1. The zero-order valence-corrected chi connectivity index (χ0v) is 14.5. The van der Waals surface area contributed by atoms with Crippen molar-refractivity contribution in [3.8, 4) is 0 Å². The fraction of sp³-hybridized carbons (Fsp3) is 0.474. The summed E-state index contributed by atoms with van der Waals surface area (Å²) in [7, 11) is 0. The molecule has 24 heavy (non-hydrogen) atoms. The first-order valence-electron chi connectivity index (χ1n) is 8.00. The number of carbonyl (C=O) groups is 2. The third-order valence-electron chi connectivity index (χ3n) is 4.97. The molecule has 130 valence electrons. The van der Waals surface area contributed by atoms with Crippen LogP contribution in [0.4, 0.5) is 0 Å². The molecule has 0 bridgehead atoms. The van der Waals surface area contributed by atoms with Crippen LogP contribution in [-0.4, -0.2) is 39.6 Å². The topological polar surface area (TPSA) is 77.8 Å². The lowest BCUT2D eigenvalue weighted by atomic mass is 9.57. The molecular weight excluding hydrogens is 306 g/mol. The molecule has 0 radical (unpaired) electrons. The Kier molecular flexibility index (Phi) is 4.85. The number of likely N-dealkylation sites (tertiary alicyclic amines) is 1. The van der Waals surface area contributed by atoms with Crippen molar-refractivity contribution in [1.82, 2.24) is 4.90 Å². The van der Waals surface area contributed by atoms with E-state index >= 15 is 0 Å². The van der Waals surface area contributed by atoms with E-state index in [-0.39, 0.29) is 6.42 Å². The molecule has 1 fully saturated rings. The van der Waals surface area contributed by atoms with Crippen LogP contribution in [0.15, 0.2) is 42.5 Å². The van der Waals surface area contributed by atoms with E-state index in [1.807, 2.05) is 30.3 Å². The molecule has 1 heterocycles. The molecule has 0 amide bonds. The molecule has 1 aromatic rings. The van der Waals surface area contributed by atoms with Gasteiger partial charge in [-0.2, -0.15) is 0 Å². The fourth-order valence-electron chi connectivity index (χ4n) is 3.76. The average Bonchev–Trinajstić information content (AvgIpc) is 2.45. The van der Waals surface area contributed by atoms with Crippen LogP contribution < -0.4 is 0 Å². The molecule has 5 nitrogen and oxygen atoms in total. The van der Waals surface area contributed by atoms with E-state index in [0.717, 1.165) is 11.1 Å².